The van der Waals surface area contributed by atoms with E-state index in [1.807, 2.05) is 29.1 Å². The maximum atomic E-state index is 12.4. The Hall–Kier alpha value is -2.88. The van der Waals surface area contributed by atoms with E-state index < -0.39 is 0 Å². The number of aromatic nitrogens is 2. The van der Waals surface area contributed by atoms with Crippen LogP contribution in [0.1, 0.15) is 40.7 Å². The molecule has 1 aliphatic carbocycles. The van der Waals surface area contributed by atoms with Gasteiger partial charge in [0.05, 0.1) is 13.0 Å². The summed E-state index contributed by atoms with van der Waals surface area (Å²) >= 11 is 0. The average Bonchev–Trinajstić information content (AvgIpc) is 3.20. The number of nitrogens with zero attached hydrogens (tertiary/aromatic N) is 2. The smallest absolute Gasteiger partial charge is 0.224 e. The van der Waals surface area contributed by atoms with Crippen molar-refractivity contribution in [3.8, 4) is 0 Å². The summed E-state index contributed by atoms with van der Waals surface area (Å²) in [5.41, 5.74) is 6.29. The van der Waals surface area contributed by atoms with Gasteiger partial charge in [-0.1, -0.05) is 42.5 Å². The molecule has 1 N–H and O–H groups in total. The molecule has 0 bridgehead atoms. The summed E-state index contributed by atoms with van der Waals surface area (Å²) in [6.45, 7) is 1.29. The Morgan fingerprint density at radius 1 is 0.963 bits per heavy atom. The lowest BCUT2D eigenvalue weighted by Gasteiger charge is -2.16. The molecule has 0 aliphatic heterocycles. The molecule has 0 radical (unpaired) electrons. The van der Waals surface area contributed by atoms with Gasteiger partial charge in [-0.25, -0.2) is 0 Å². The summed E-state index contributed by atoms with van der Waals surface area (Å²) < 4.78 is 1.90. The molecule has 1 heterocycles. The molecule has 0 saturated heterocycles. The third-order valence-corrected chi connectivity index (χ3v) is 5.16. The van der Waals surface area contributed by atoms with Crippen LogP contribution in [0.25, 0.3) is 0 Å². The van der Waals surface area contributed by atoms with Crippen molar-refractivity contribution in [3.05, 3.63) is 88.7 Å². The second-order valence-electron chi connectivity index (χ2n) is 7.29. The Bertz CT molecular complexity index is 915. The zero-order chi connectivity index (χ0) is 18.5. The standard InChI is InChI=1S/C23H25N3O/c27-23(15-18-9-10-21-7-1-2-8-22(21)14-18)24-16-19-5-3-6-20(13-19)17-26-12-4-11-25-26/h3-6,9-14H,1-2,7-8,15-17H2,(H,24,27). The van der Waals surface area contributed by atoms with Gasteiger partial charge in [0, 0.05) is 18.9 Å². The van der Waals surface area contributed by atoms with Gasteiger partial charge in [0.1, 0.15) is 0 Å². The first kappa shape index (κ1) is 17.5. The van der Waals surface area contributed by atoms with Gasteiger partial charge < -0.3 is 5.32 Å². The van der Waals surface area contributed by atoms with Crippen molar-refractivity contribution in [2.45, 2.75) is 45.2 Å². The molecule has 1 aromatic heterocycles. The van der Waals surface area contributed by atoms with Crippen LogP contribution in [0.5, 0.6) is 0 Å². The van der Waals surface area contributed by atoms with E-state index in [1.165, 1.54) is 36.0 Å². The topological polar surface area (TPSA) is 46.9 Å². The lowest BCUT2D eigenvalue weighted by molar-refractivity contribution is -0.120. The molecule has 0 saturated carbocycles. The zero-order valence-electron chi connectivity index (χ0n) is 15.5. The maximum absolute atomic E-state index is 12.4. The van der Waals surface area contributed by atoms with Crippen molar-refractivity contribution in [1.82, 2.24) is 15.1 Å². The van der Waals surface area contributed by atoms with Crippen molar-refractivity contribution in [2.75, 3.05) is 0 Å². The minimum atomic E-state index is 0.0724. The highest BCUT2D eigenvalue weighted by Gasteiger charge is 2.11. The SMILES string of the molecule is O=C(Cc1ccc2c(c1)CCCC2)NCc1cccc(Cn2cccn2)c1. The van der Waals surface area contributed by atoms with E-state index in [4.69, 9.17) is 0 Å². The summed E-state index contributed by atoms with van der Waals surface area (Å²) in [5, 5.41) is 7.29. The van der Waals surface area contributed by atoms with Crippen LogP contribution in [0.3, 0.4) is 0 Å². The molecule has 4 nitrogen and oxygen atoms in total. The van der Waals surface area contributed by atoms with Crippen molar-refractivity contribution in [3.63, 3.8) is 0 Å². The van der Waals surface area contributed by atoms with Crippen LogP contribution in [0, 0.1) is 0 Å². The summed E-state index contributed by atoms with van der Waals surface area (Å²) in [7, 11) is 0. The minimum absolute atomic E-state index is 0.0724. The van der Waals surface area contributed by atoms with E-state index in [2.05, 4.69) is 40.7 Å². The normalized spacial score (nSPS) is 13.2. The Balaban J connectivity index is 1.32. The maximum Gasteiger partial charge on any atom is 0.224 e. The molecule has 0 spiro atoms. The number of carbonyl (C=O) groups excluding carboxylic acids is 1. The number of amides is 1. The zero-order valence-corrected chi connectivity index (χ0v) is 15.5. The van der Waals surface area contributed by atoms with Crippen LogP contribution in [0.2, 0.25) is 0 Å². The molecule has 2 aromatic carbocycles. The fraction of sp³-hybridized carbons (Fsp3) is 0.304. The second-order valence-corrected chi connectivity index (χ2v) is 7.29. The molecule has 0 atom stereocenters. The average molecular weight is 359 g/mol. The highest BCUT2D eigenvalue weighted by Crippen LogP contribution is 2.22. The van der Waals surface area contributed by atoms with Crippen molar-refractivity contribution >= 4 is 5.91 Å². The Kier molecular flexibility index (Phi) is 5.33. The summed E-state index contributed by atoms with van der Waals surface area (Å²) in [6.07, 6.45) is 9.05. The van der Waals surface area contributed by atoms with Crippen LogP contribution in [0.4, 0.5) is 0 Å². The minimum Gasteiger partial charge on any atom is -0.352 e. The van der Waals surface area contributed by atoms with Gasteiger partial charge in [0.25, 0.3) is 0 Å². The van der Waals surface area contributed by atoms with E-state index >= 15 is 0 Å². The number of rotatable bonds is 6. The van der Waals surface area contributed by atoms with E-state index in [1.54, 1.807) is 6.20 Å². The van der Waals surface area contributed by atoms with Gasteiger partial charge in [-0.3, -0.25) is 9.48 Å². The first-order valence-electron chi connectivity index (χ1n) is 9.69. The van der Waals surface area contributed by atoms with E-state index in [0.717, 1.165) is 24.1 Å². The Morgan fingerprint density at radius 3 is 2.67 bits per heavy atom. The number of hydrogen-bond donors (Lipinski definition) is 1. The largest absolute Gasteiger partial charge is 0.352 e. The molecular formula is C23H25N3O. The highest BCUT2D eigenvalue weighted by atomic mass is 16.1. The predicted molar refractivity (Wildman–Crippen MR) is 106 cm³/mol. The molecule has 27 heavy (non-hydrogen) atoms. The lowest BCUT2D eigenvalue weighted by atomic mass is 9.90. The van der Waals surface area contributed by atoms with Gasteiger partial charge in [-0.05, 0) is 59.6 Å². The lowest BCUT2D eigenvalue weighted by Crippen LogP contribution is -2.24. The third-order valence-electron chi connectivity index (χ3n) is 5.16. The van der Waals surface area contributed by atoms with E-state index in [9.17, 15) is 4.79 Å². The Labute approximate surface area is 160 Å². The third kappa shape index (κ3) is 4.64. The molecule has 0 unspecified atom stereocenters. The highest BCUT2D eigenvalue weighted by molar-refractivity contribution is 5.78. The number of hydrogen-bond acceptors (Lipinski definition) is 2. The molecule has 138 valence electrons. The second kappa shape index (κ2) is 8.21. The first-order valence-corrected chi connectivity index (χ1v) is 9.69. The first-order chi connectivity index (χ1) is 13.3. The summed E-state index contributed by atoms with van der Waals surface area (Å²) in [4.78, 5) is 12.4. The van der Waals surface area contributed by atoms with Gasteiger partial charge in [0.15, 0.2) is 0 Å². The number of benzene rings is 2. The summed E-state index contributed by atoms with van der Waals surface area (Å²) in [6, 6.07) is 16.7. The van der Waals surface area contributed by atoms with Crippen LogP contribution in [-0.4, -0.2) is 15.7 Å². The molecule has 1 aliphatic rings. The fourth-order valence-electron chi connectivity index (χ4n) is 3.76. The van der Waals surface area contributed by atoms with E-state index in [-0.39, 0.29) is 5.91 Å². The van der Waals surface area contributed by atoms with Gasteiger partial charge in [-0.2, -0.15) is 5.10 Å². The molecule has 4 rings (SSSR count). The van der Waals surface area contributed by atoms with Crippen LogP contribution < -0.4 is 5.32 Å². The van der Waals surface area contributed by atoms with Gasteiger partial charge in [-0.15, -0.1) is 0 Å². The quantitative estimate of drug-likeness (QED) is 0.730. The number of nitrogens with one attached hydrogen (secondary N) is 1. The Morgan fingerprint density at radius 2 is 1.81 bits per heavy atom. The van der Waals surface area contributed by atoms with Gasteiger partial charge in [0.2, 0.25) is 5.91 Å². The predicted octanol–water partition coefficient (Wildman–Crippen LogP) is 3.67. The summed E-state index contributed by atoms with van der Waals surface area (Å²) in [5.74, 6) is 0.0724. The van der Waals surface area contributed by atoms with Crippen molar-refractivity contribution < 1.29 is 4.79 Å². The number of carbonyl (C=O) groups is 1. The molecule has 3 aromatic rings. The molecule has 1 amide bonds. The van der Waals surface area contributed by atoms with Crippen molar-refractivity contribution in [1.29, 1.82) is 0 Å². The van der Waals surface area contributed by atoms with Crippen LogP contribution >= 0.6 is 0 Å². The molecule has 0 fully saturated rings. The monoisotopic (exact) mass is 359 g/mol. The van der Waals surface area contributed by atoms with Crippen LogP contribution in [0.15, 0.2) is 60.9 Å². The molecular weight excluding hydrogens is 334 g/mol. The van der Waals surface area contributed by atoms with E-state index in [0.29, 0.717) is 13.0 Å². The van der Waals surface area contributed by atoms with Crippen LogP contribution in [-0.2, 0) is 37.1 Å². The number of aryl methyl sites for hydroxylation is 2. The van der Waals surface area contributed by atoms with Gasteiger partial charge >= 0.3 is 0 Å². The number of fused-ring (bicyclic) bond motifs is 1. The fourth-order valence-corrected chi connectivity index (χ4v) is 3.76. The molecule has 4 heteroatoms. The van der Waals surface area contributed by atoms with Crippen molar-refractivity contribution in [2.24, 2.45) is 0 Å².